The third-order valence-electron chi connectivity index (χ3n) is 3.12. The molecule has 2 rings (SSSR count). The molecular formula is C14H20N4O. The number of nitrogens with zero attached hydrogens (tertiary/aromatic N) is 3. The molecule has 19 heavy (non-hydrogen) atoms. The molecule has 0 spiro atoms. The molecule has 2 aromatic rings. The number of hydrogen-bond acceptors (Lipinski definition) is 4. The molecule has 0 aliphatic carbocycles. The summed E-state index contributed by atoms with van der Waals surface area (Å²) in [6.45, 7) is 3.69. The molecular weight excluding hydrogens is 240 g/mol. The van der Waals surface area contributed by atoms with Crippen molar-refractivity contribution >= 4 is 0 Å². The van der Waals surface area contributed by atoms with Gasteiger partial charge in [0.2, 0.25) is 5.88 Å². The lowest BCUT2D eigenvalue weighted by Crippen LogP contribution is -2.17. The summed E-state index contributed by atoms with van der Waals surface area (Å²) in [4.78, 5) is 4.01. The summed E-state index contributed by atoms with van der Waals surface area (Å²) in [5, 5.41) is 7.79. The summed E-state index contributed by atoms with van der Waals surface area (Å²) >= 11 is 0. The van der Waals surface area contributed by atoms with Crippen molar-refractivity contribution < 1.29 is 4.74 Å². The Morgan fingerprint density at radius 2 is 2.05 bits per heavy atom. The summed E-state index contributed by atoms with van der Waals surface area (Å²) in [6, 6.07) is 4.08. The maximum Gasteiger partial charge on any atom is 0.216 e. The Balaban J connectivity index is 1.86. The fourth-order valence-electron chi connectivity index (χ4n) is 2.14. The lowest BCUT2D eigenvalue weighted by Gasteiger charge is -2.07. The van der Waals surface area contributed by atoms with Gasteiger partial charge in [-0.15, -0.1) is 0 Å². The number of nitrogens with one attached hydrogen (secondary N) is 1. The van der Waals surface area contributed by atoms with E-state index in [1.807, 2.05) is 38.5 Å². The van der Waals surface area contributed by atoms with Crippen LogP contribution in [0, 0.1) is 6.92 Å². The zero-order valence-electron chi connectivity index (χ0n) is 11.7. The lowest BCUT2D eigenvalue weighted by molar-refractivity contribution is 0.368. The van der Waals surface area contributed by atoms with Crippen molar-refractivity contribution in [3.05, 3.63) is 41.3 Å². The maximum absolute atomic E-state index is 5.36. The molecule has 2 heterocycles. The molecule has 0 aromatic carbocycles. The van der Waals surface area contributed by atoms with Crippen LogP contribution in [0.5, 0.6) is 5.88 Å². The average Bonchev–Trinajstić information content (AvgIpc) is 2.70. The first-order valence-electron chi connectivity index (χ1n) is 6.38. The van der Waals surface area contributed by atoms with E-state index >= 15 is 0 Å². The van der Waals surface area contributed by atoms with Crippen LogP contribution in [0.4, 0.5) is 0 Å². The van der Waals surface area contributed by atoms with Gasteiger partial charge in [0, 0.05) is 26.0 Å². The Kier molecular flexibility index (Phi) is 4.52. The number of aromatic nitrogens is 3. The third-order valence-corrected chi connectivity index (χ3v) is 3.12. The first-order valence-corrected chi connectivity index (χ1v) is 6.38. The molecule has 0 amide bonds. The number of ether oxygens (including phenoxy) is 1. The van der Waals surface area contributed by atoms with Crippen LogP contribution in [0.25, 0.3) is 0 Å². The largest absolute Gasteiger partial charge is 0.481 e. The first kappa shape index (κ1) is 13.5. The van der Waals surface area contributed by atoms with Gasteiger partial charge in [-0.2, -0.15) is 5.10 Å². The van der Waals surface area contributed by atoms with E-state index in [0.717, 1.165) is 36.6 Å². The van der Waals surface area contributed by atoms with Crippen LogP contribution >= 0.6 is 0 Å². The maximum atomic E-state index is 5.36. The van der Waals surface area contributed by atoms with Crippen LogP contribution in [0.3, 0.4) is 0 Å². The fourth-order valence-corrected chi connectivity index (χ4v) is 2.14. The minimum Gasteiger partial charge on any atom is -0.481 e. The summed E-state index contributed by atoms with van der Waals surface area (Å²) in [5.74, 6) is 0.828. The molecule has 0 unspecified atom stereocenters. The highest BCUT2D eigenvalue weighted by Crippen LogP contribution is 2.20. The minimum atomic E-state index is 0.772. The molecule has 2 aromatic heterocycles. The van der Waals surface area contributed by atoms with E-state index < -0.39 is 0 Å². The second-order valence-corrected chi connectivity index (χ2v) is 4.48. The smallest absolute Gasteiger partial charge is 0.216 e. The normalized spacial score (nSPS) is 10.7. The van der Waals surface area contributed by atoms with Crippen molar-refractivity contribution in [3.63, 3.8) is 0 Å². The van der Waals surface area contributed by atoms with Crippen molar-refractivity contribution in [1.82, 2.24) is 20.1 Å². The van der Waals surface area contributed by atoms with Crippen LogP contribution in [0.15, 0.2) is 24.5 Å². The van der Waals surface area contributed by atoms with E-state index in [1.165, 1.54) is 5.56 Å². The topological polar surface area (TPSA) is 52.0 Å². The van der Waals surface area contributed by atoms with Crippen LogP contribution in [-0.4, -0.2) is 28.4 Å². The molecule has 0 fully saturated rings. The summed E-state index contributed by atoms with van der Waals surface area (Å²) in [6.07, 6.45) is 4.64. The molecule has 0 bridgehead atoms. The fraction of sp³-hybridized carbons (Fsp3) is 0.429. The van der Waals surface area contributed by atoms with Gasteiger partial charge in [0.15, 0.2) is 0 Å². The zero-order valence-corrected chi connectivity index (χ0v) is 11.7. The summed E-state index contributed by atoms with van der Waals surface area (Å²) in [7, 11) is 3.57. The molecule has 0 saturated carbocycles. The van der Waals surface area contributed by atoms with Gasteiger partial charge in [0.25, 0.3) is 0 Å². The van der Waals surface area contributed by atoms with Crippen molar-refractivity contribution in [2.24, 2.45) is 7.05 Å². The van der Waals surface area contributed by atoms with Gasteiger partial charge < -0.3 is 10.1 Å². The second kappa shape index (κ2) is 6.33. The predicted octanol–water partition coefficient (Wildman–Crippen LogP) is 1.46. The Morgan fingerprint density at radius 1 is 1.32 bits per heavy atom. The Bertz CT molecular complexity index is 522. The van der Waals surface area contributed by atoms with E-state index in [0.29, 0.717) is 0 Å². The Morgan fingerprint density at radius 3 is 2.74 bits per heavy atom. The Hall–Kier alpha value is -1.88. The van der Waals surface area contributed by atoms with Crippen molar-refractivity contribution in [3.8, 4) is 5.88 Å². The highest BCUT2D eigenvalue weighted by molar-refractivity contribution is 5.30. The van der Waals surface area contributed by atoms with Crippen molar-refractivity contribution in [2.45, 2.75) is 19.9 Å². The molecule has 1 N–H and O–H groups in total. The summed E-state index contributed by atoms with van der Waals surface area (Å²) < 4.78 is 7.14. The molecule has 0 saturated heterocycles. The summed E-state index contributed by atoms with van der Waals surface area (Å²) in [5.41, 5.74) is 3.42. The molecule has 0 aliphatic rings. The highest BCUT2D eigenvalue weighted by Gasteiger charge is 2.12. The molecule has 5 heteroatoms. The number of rotatable bonds is 6. The lowest BCUT2D eigenvalue weighted by atomic mass is 10.2. The monoisotopic (exact) mass is 260 g/mol. The van der Waals surface area contributed by atoms with E-state index in [2.05, 4.69) is 15.4 Å². The molecule has 0 aliphatic heterocycles. The van der Waals surface area contributed by atoms with Crippen LogP contribution in [0.2, 0.25) is 0 Å². The first-order chi connectivity index (χ1) is 9.22. The van der Waals surface area contributed by atoms with Gasteiger partial charge in [-0.3, -0.25) is 4.98 Å². The zero-order chi connectivity index (χ0) is 13.7. The molecule has 102 valence electrons. The van der Waals surface area contributed by atoms with Crippen LogP contribution in [0.1, 0.15) is 16.8 Å². The third kappa shape index (κ3) is 3.32. The standard InChI is InChI=1S/C14H20N4O/c1-11-13(14(19-3)18(2)17-11)10-16-9-6-12-4-7-15-8-5-12/h4-5,7-8,16H,6,9-10H2,1-3H3. The van der Waals surface area contributed by atoms with E-state index in [4.69, 9.17) is 4.74 Å². The van der Waals surface area contributed by atoms with Crippen molar-refractivity contribution in [2.75, 3.05) is 13.7 Å². The molecule has 0 atom stereocenters. The number of aryl methyl sites for hydroxylation is 2. The van der Waals surface area contributed by atoms with E-state index in [-0.39, 0.29) is 0 Å². The van der Waals surface area contributed by atoms with Gasteiger partial charge in [0.05, 0.1) is 18.4 Å². The molecule has 5 nitrogen and oxygen atoms in total. The van der Waals surface area contributed by atoms with Gasteiger partial charge in [-0.05, 0) is 37.6 Å². The Labute approximate surface area is 113 Å². The number of hydrogen-bond donors (Lipinski definition) is 1. The van der Waals surface area contributed by atoms with Gasteiger partial charge in [-0.1, -0.05) is 0 Å². The van der Waals surface area contributed by atoms with E-state index in [9.17, 15) is 0 Å². The number of methoxy groups -OCH3 is 1. The predicted molar refractivity (Wildman–Crippen MR) is 74.1 cm³/mol. The highest BCUT2D eigenvalue weighted by atomic mass is 16.5. The quantitative estimate of drug-likeness (QED) is 0.799. The van der Waals surface area contributed by atoms with Crippen LogP contribution < -0.4 is 10.1 Å². The number of pyridine rings is 1. The van der Waals surface area contributed by atoms with Crippen molar-refractivity contribution in [1.29, 1.82) is 0 Å². The average molecular weight is 260 g/mol. The minimum absolute atomic E-state index is 0.772. The van der Waals surface area contributed by atoms with Gasteiger partial charge >= 0.3 is 0 Å². The van der Waals surface area contributed by atoms with Crippen LogP contribution in [-0.2, 0) is 20.0 Å². The SMILES string of the molecule is COc1c(CNCCc2ccncc2)c(C)nn1C. The van der Waals surface area contributed by atoms with E-state index in [1.54, 1.807) is 11.8 Å². The molecule has 0 radical (unpaired) electrons. The van der Waals surface area contributed by atoms with Gasteiger partial charge in [-0.25, -0.2) is 4.68 Å². The van der Waals surface area contributed by atoms with Gasteiger partial charge in [0.1, 0.15) is 0 Å². The second-order valence-electron chi connectivity index (χ2n) is 4.48.